The molecule has 0 spiro atoms. The molecule has 1 N–H and O–H groups in total. The smallest absolute Gasteiger partial charge is 0.313 e. The van der Waals surface area contributed by atoms with Gasteiger partial charge in [0, 0.05) is 10.4 Å². The summed E-state index contributed by atoms with van der Waals surface area (Å²) < 4.78 is 12.0. The summed E-state index contributed by atoms with van der Waals surface area (Å²) in [6.07, 6.45) is -0.247. The summed E-state index contributed by atoms with van der Waals surface area (Å²) in [6.45, 7) is -0.402. The van der Waals surface area contributed by atoms with Crippen molar-refractivity contribution in [3.63, 3.8) is 0 Å². The van der Waals surface area contributed by atoms with Gasteiger partial charge in [-0.1, -0.05) is 23.7 Å². The van der Waals surface area contributed by atoms with E-state index in [1.54, 1.807) is 42.5 Å². The molecule has 0 atom stereocenters. The molecular weight excluding hydrogens is 384 g/mol. The second-order valence-electron chi connectivity index (χ2n) is 6.06. The van der Waals surface area contributed by atoms with E-state index in [2.05, 4.69) is 5.10 Å². The van der Waals surface area contributed by atoms with Crippen LogP contribution in [-0.2, 0) is 16.0 Å². The van der Waals surface area contributed by atoms with Crippen LogP contribution in [0.2, 0.25) is 5.02 Å². The number of nitrogens with zero attached hydrogens (tertiary/aromatic N) is 2. The van der Waals surface area contributed by atoms with Gasteiger partial charge in [0.2, 0.25) is 0 Å². The first-order valence-corrected chi connectivity index (χ1v) is 8.92. The van der Waals surface area contributed by atoms with Crippen LogP contribution >= 0.6 is 11.6 Å². The minimum Gasteiger partial charge on any atom is -0.463 e. The van der Waals surface area contributed by atoms with E-state index in [0.717, 1.165) is 0 Å². The van der Waals surface area contributed by atoms with Crippen molar-refractivity contribution in [2.24, 2.45) is 0 Å². The van der Waals surface area contributed by atoms with Crippen molar-refractivity contribution in [2.75, 3.05) is 13.2 Å². The number of ether oxygens (including phenoxy) is 1. The van der Waals surface area contributed by atoms with E-state index in [0.29, 0.717) is 27.4 Å². The Labute approximate surface area is 164 Å². The van der Waals surface area contributed by atoms with Crippen LogP contribution in [0.25, 0.3) is 27.9 Å². The zero-order valence-corrected chi connectivity index (χ0v) is 15.3. The largest absolute Gasteiger partial charge is 0.463 e. The lowest BCUT2D eigenvalue weighted by Crippen LogP contribution is -2.17. The molecule has 0 bridgehead atoms. The molecular formula is C20H15ClN2O5. The fraction of sp³-hybridized carbons (Fsp3) is 0.150. The summed E-state index contributed by atoms with van der Waals surface area (Å²) in [5.41, 5.74) is 1.29. The highest BCUT2D eigenvalue weighted by atomic mass is 35.5. The van der Waals surface area contributed by atoms with E-state index in [1.807, 2.05) is 6.07 Å². The quantitative estimate of drug-likeness (QED) is 0.519. The maximum atomic E-state index is 13.1. The minimum atomic E-state index is -0.604. The number of carbonyl (C=O) groups is 1. The number of hydrogen-bond donors (Lipinski definition) is 1. The molecule has 2 aliphatic heterocycles. The zero-order chi connectivity index (χ0) is 19.7. The Hall–Kier alpha value is -3.16. The number of aromatic nitrogens is 2. The molecule has 0 aliphatic carbocycles. The van der Waals surface area contributed by atoms with E-state index in [9.17, 15) is 9.59 Å². The molecule has 0 aromatic heterocycles. The van der Waals surface area contributed by atoms with Crippen molar-refractivity contribution in [1.29, 1.82) is 0 Å². The number of aliphatic hydroxyl groups excluding tert-OH is 1. The molecule has 4 rings (SSSR count). The molecule has 0 saturated carbocycles. The first-order chi connectivity index (χ1) is 13.6. The Morgan fingerprint density at radius 3 is 2.68 bits per heavy atom. The number of esters is 1. The summed E-state index contributed by atoms with van der Waals surface area (Å²) in [6, 6.07) is 13.8. The molecule has 0 fully saturated rings. The van der Waals surface area contributed by atoms with E-state index >= 15 is 0 Å². The average Bonchev–Trinajstić information content (AvgIpc) is 3.05. The van der Waals surface area contributed by atoms with Crippen molar-refractivity contribution >= 4 is 28.5 Å². The number of para-hydroxylation sites is 1. The van der Waals surface area contributed by atoms with Crippen molar-refractivity contribution < 1.29 is 19.1 Å². The summed E-state index contributed by atoms with van der Waals surface area (Å²) in [5.74, 6) is -0.435. The van der Waals surface area contributed by atoms with E-state index in [4.69, 9.17) is 25.9 Å². The highest BCUT2D eigenvalue weighted by Gasteiger charge is 2.26. The highest BCUT2D eigenvalue weighted by molar-refractivity contribution is 6.30. The Morgan fingerprint density at radius 2 is 1.93 bits per heavy atom. The SMILES string of the molecule is O=C(Cc1oc2ccccc2c2nn(-c3ccc(Cl)cc3)c(=O)c1-2)OCCO. The van der Waals surface area contributed by atoms with Gasteiger partial charge in [-0.05, 0) is 36.4 Å². The van der Waals surface area contributed by atoms with Crippen LogP contribution in [0.5, 0.6) is 0 Å². The minimum absolute atomic E-state index is 0.121. The second kappa shape index (κ2) is 7.46. The lowest BCUT2D eigenvalue weighted by atomic mass is 10.1. The molecule has 8 heteroatoms. The summed E-state index contributed by atoms with van der Waals surface area (Å²) in [4.78, 5) is 25.1. The molecule has 0 amide bonds. The van der Waals surface area contributed by atoms with Gasteiger partial charge in [0.1, 0.15) is 35.6 Å². The standard InChI is InChI=1S/C20H15ClN2O5/c21-12-5-7-13(8-6-12)23-20(26)18-16(11-17(25)27-10-9-24)28-15-4-2-1-3-14(15)19(18)22-23/h1-8,24H,9-11H2. The third kappa shape index (κ3) is 3.26. The Balaban J connectivity index is 1.92. The van der Waals surface area contributed by atoms with Crippen LogP contribution < -0.4 is 5.56 Å². The van der Waals surface area contributed by atoms with Crippen LogP contribution in [0.4, 0.5) is 0 Å². The number of halogens is 1. The van der Waals surface area contributed by atoms with Crippen molar-refractivity contribution in [1.82, 2.24) is 9.78 Å². The molecule has 7 nitrogen and oxygen atoms in total. The molecule has 2 aromatic rings. The van der Waals surface area contributed by atoms with Crippen molar-refractivity contribution in [2.45, 2.75) is 6.42 Å². The van der Waals surface area contributed by atoms with Crippen LogP contribution in [0, 0.1) is 0 Å². The topological polar surface area (TPSA) is 94.6 Å². The van der Waals surface area contributed by atoms with E-state index in [-0.39, 0.29) is 31.0 Å². The number of benzene rings is 2. The summed E-state index contributed by atoms with van der Waals surface area (Å²) in [7, 11) is 0. The van der Waals surface area contributed by atoms with Gasteiger partial charge in [-0.25, -0.2) is 0 Å². The third-order valence-electron chi connectivity index (χ3n) is 4.23. The van der Waals surface area contributed by atoms with Crippen LogP contribution in [0.1, 0.15) is 5.76 Å². The third-order valence-corrected chi connectivity index (χ3v) is 4.48. The predicted octanol–water partition coefficient (Wildman–Crippen LogP) is 2.81. The van der Waals surface area contributed by atoms with Gasteiger partial charge in [0.15, 0.2) is 0 Å². The zero-order valence-electron chi connectivity index (χ0n) is 14.6. The van der Waals surface area contributed by atoms with Crippen molar-refractivity contribution in [3.8, 4) is 16.9 Å². The highest BCUT2D eigenvalue weighted by Crippen LogP contribution is 2.32. The first-order valence-electron chi connectivity index (χ1n) is 8.54. The summed E-state index contributed by atoms with van der Waals surface area (Å²) >= 11 is 5.93. The number of carbonyl (C=O) groups excluding carboxylic acids is 1. The molecule has 0 unspecified atom stereocenters. The molecule has 0 saturated heterocycles. The van der Waals surface area contributed by atoms with Gasteiger partial charge in [-0.3, -0.25) is 9.59 Å². The molecule has 2 heterocycles. The second-order valence-corrected chi connectivity index (χ2v) is 6.50. The predicted molar refractivity (Wildman–Crippen MR) is 103 cm³/mol. The van der Waals surface area contributed by atoms with Gasteiger partial charge >= 0.3 is 5.97 Å². The maximum absolute atomic E-state index is 13.1. The Bertz CT molecular complexity index is 1180. The van der Waals surface area contributed by atoms with Gasteiger partial charge in [0.25, 0.3) is 5.56 Å². The molecule has 28 heavy (non-hydrogen) atoms. The first kappa shape index (κ1) is 18.2. The molecule has 2 aliphatic rings. The van der Waals surface area contributed by atoms with Gasteiger partial charge in [-0.15, -0.1) is 0 Å². The van der Waals surface area contributed by atoms with Crippen LogP contribution in [0.3, 0.4) is 0 Å². The van der Waals surface area contributed by atoms with Gasteiger partial charge in [0.05, 0.1) is 12.3 Å². The molecule has 142 valence electrons. The van der Waals surface area contributed by atoms with Crippen LogP contribution in [-0.4, -0.2) is 34.1 Å². The normalized spacial score (nSPS) is 11.2. The Morgan fingerprint density at radius 1 is 1.18 bits per heavy atom. The molecule has 0 radical (unpaired) electrons. The van der Waals surface area contributed by atoms with Gasteiger partial charge in [-0.2, -0.15) is 9.78 Å². The number of hydrogen-bond acceptors (Lipinski definition) is 6. The molecule has 2 aromatic carbocycles. The monoisotopic (exact) mass is 398 g/mol. The summed E-state index contributed by atoms with van der Waals surface area (Å²) in [5, 5.41) is 14.5. The van der Waals surface area contributed by atoms with E-state index in [1.165, 1.54) is 4.68 Å². The average molecular weight is 399 g/mol. The number of aliphatic hydroxyl groups is 1. The number of rotatable bonds is 5. The maximum Gasteiger partial charge on any atom is 0.313 e. The Kier molecular flexibility index (Phi) is 4.85. The van der Waals surface area contributed by atoms with Crippen LogP contribution in [0.15, 0.2) is 57.7 Å². The lowest BCUT2D eigenvalue weighted by molar-refractivity contribution is -0.144. The lowest BCUT2D eigenvalue weighted by Gasteiger charge is -2.08. The van der Waals surface area contributed by atoms with Crippen molar-refractivity contribution in [3.05, 3.63) is 69.7 Å². The number of fused-ring (bicyclic) bond motifs is 3. The fourth-order valence-electron chi connectivity index (χ4n) is 3.00. The van der Waals surface area contributed by atoms with E-state index < -0.39 is 11.5 Å². The fourth-order valence-corrected chi connectivity index (χ4v) is 3.13. The van der Waals surface area contributed by atoms with Gasteiger partial charge < -0.3 is 14.3 Å².